The van der Waals surface area contributed by atoms with Crippen molar-refractivity contribution in [2.45, 2.75) is 51.9 Å². The van der Waals surface area contributed by atoms with Crippen molar-refractivity contribution in [1.29, 1.82) is 5.26 Å². The van der Waals surface area contributed by atoms with Crippen LogP contribution in [0.2, 0.25) is 0 Å². The molecule has 23 heavy (non-hydrogen) atoms. The summed E-state index contributed by atoms with van der Waals surface area (Å²) in [6.07, 6.45) is 10.5. The molecule has 1 aliphatic rings. The minimum Gasteiger partial charge on any atom is -0.426 e. The van der Waals surface area contributed by atoms with E-state index >= 15 is 0 Å². The number of nitriles is 1. The zero-order valence-corrected chi connectivity index (χ0v) is 13.8. The summed E-state index contributed by atoms with van der Waals surface area (Å²) in [5, 5.41) is 8.46. The van der Waals surface area contributed by atoms with Crippen LogP contribution in [0.5, 0.6) is 5.75 Å². The van der Waals surface area contributed by atoms with Gasteiger partial charge < -0.3 is 4.74 Å². The Balaban J connectivity index is 1.74. The highest BCUT2D eigenvalue weighted by Gasteiger charge is 2.27. The first-order chi connectivity index (χ1) is 11.2. The Bertz CT molecular complexity index is 560. The Labute approximate surface area is 139 Å². The molecule has 122 valence electrons. The molecule has 1 aromatic carbocycles. The van der Waals surface area contributed by atoms with Crippen LogP contribution in [-0.2, 0) is 11.2 Å². The second-order valence-electron chi connectivity index (χ2n) is 6.25. The lowest BCUT2D eigenvalue weighted by Crippen LogP contribution is -2.25. The van der Waals surface area contributed by atoms with E-state index < -0.39 is 0 Å². The summed E-state index contributed by atoms with van der Waals surface area (Å²) in [7, 11) is 0. The van der Waals surface area contributed by atoms with Crippen LogP contribution in [0, 0.1) is 23.2 Å². The van der Waals surface area contributed by atoms with Gasteiger partial charge in [0.1, 0.15) is 5.75 Å². The summed E-state index contributed by atoms with van der Waals surface area (Å²) in [5.41, 5.74) is 1.25. The van der Waals surface area contributed by atoms with Crippen molar-refractivity contribution in [1.82, 2.24) is 0 Å². The number of carbonyl (C=O) groups excluding carboxylic acids is 1. The second-order valence-corrected chi connectivity index (χ2v) is 6.25. The molecular formula is C20H25NO2. The first-order valence-electron chi connectivity index (χ1n) is 8.58. The Hall–Kier alpha value is -2.08. The molecule has 0 aliphatic heterocycles. The molecule has 1 fully saturated rings. The fraction of sp³-hybridized carbons (Fsp3) is 0.500. The van der Waals surface area contributed by atoms with Gasteiger partial charge in [-0.2, -0.15) is 5.26 Å². The Morgan fingerprint density at radius 2 is 1.96 bits per heavy atom. The largest absolute Gasteiger partial charge is 0.426 e. The van der Waals surface area contributed by atoms with Crippen LogP contribution in [0.4, 0.5) is 0 Å². The molecule has 0 radical (unpaired) electrons. The Morgan fingerprint density at radius 1 is 1.26 bits per heavy atom. The van der Waals surface area contributed by atoms with Gasteiger partial charge in [-0.3, -0.25) is 4.79 Å². The molecule has 0 N–H and O–H groups in total. The smallest absolute Gasteiger partial charge is 0.314 e. The molecule has 3 heteroatoms. The third-order valence-electron chi connectivity index (χ3n) is 4.66. The molecule has 3 nitrogen and oxygen atoms in total. The van der Waals surface area contributed by atoms with Gasteiger partial charge in [0, 0.05) is 6.08 Å². The quantitative estimate of drug-likeness (QED) is 0.430. The van der Waals surface area contributed by atoms with Crippen molar-refractivity contribution in [2.75, 3.05) is 0 Å². The fourth-order valence-electron chi connectivity index (χ4n) is 3.15. The number of ether oxygens (including phenoxy) is 1. The van der Waals surface area contributed by atoms with E-state index in [0.29, 0.717) is 11.7 Å². The Morgan fingerprint density at radius 3 is 2.57 bits per heavy atom. The number of carbonyl (C=O) groups is 1. The van der Waals surface area contributed by atoms with Crippen LogP contribution in [0.15, 0.2) is 36.4 Å². The van der Waals surface area contributed by atoms with Crippen molar-refractivity contribution in [3.8, 4) is 11.8 Å². The van der Waals surface area contributed by atoms with Crippen LogP contribution in [0.25, 0.3) is 0 Å². The first-order valence-corrected chi connectivity index (χ1v) is 8.58. The molecule has 2 rings (SSSR count). The van der Waals surface area contributed by atoms with Crippen molar-refractivity contribution < 1.29 is 9.53 Å². The van der Waals surface area contributed by atoms with Gasteiger partial charge in [-0.25, -0.2) is 0 Å². The summed E-state index contributed by atoms with van der Waals surface area (Å²) < 4.78 is 5.52. The highest BCUT2D eigenvalue weighted by molar-refractivity contribution is 5.75. The molecule has 0 aromatic heterocycles. The third kappa shape index (κ3) is 5.56. The zero-order chi connectivity index (χ0) is 16.5. The van der Waals surface area contributed by atoms with Gasteiger partial charge in [-0.1, -0.05) is 25.1 Å². The van der Waals surface area contributed by atoms with E-state index in [2.05, 4.69) is 6.92 Å². The maximum absolute atomic E-state index is 12.3. The topological polar surface area (TPSA) is 50.1 Å². The summed E-state index contributed by atoms with van der Waals surface area (Å²) in [6, 6.07) is 9.79. The maximum Gasteiger partial charge on any atom is 0.314 e. The number of esters is 1. The van der Waals surface area contributed by atoms with E-state index in [0.717, 1.165) is 44.9 Å². The number of hydrogen-bond donors (Lipinski definition) is 0. The predicted molar refractivity (Wildman–Crippen MR) is 90.9 cm³/mol. The van der Waals surface area contributed by atoms with E-state index in [1.165, 1.54) is 5.56 Å². The predicted octanol–water partition coefficient (Wildman–Crippen LogP) is 4.82. The maximum atomic E-state index is 12.3. The van der Waals surface area contributed by atoms with Crippen LogP contribution in [-0.4, -0.2) is 5.97 Å². The minimum absolute atomic E-state index is 0.0340. The van der Waals surface area contributed by atoms with Gasteiger partial charge in [0.15, 0.2) is 0 Å². The molecule has 0 heterocycles. The van der Waals surface area contributed by atoms with Crippen LogP contribution < -0.4 is 4.74 Å². The van der Waals surface area contributed by atoms with Gasteiger partial charge in [-0.05, 0) is 68.6 Å². The van der Waals surface area contributed by atoms with E-state index in [4.69, 9.17) is 10.00 Å². The molecule has 0 atom stereocenters. The fourth-order valence-corrected chi connectivity index (χ4v) is 3.15. The molecule has 1 aliphatic carbocycles. The third-order valence-corrected chi connectivity index (χ3v) is 4.66. The lowest BCUT2D eigenvalue weighted by atomic mass is 9.80. The highest BCUT2D eigenvalue weighted by Crippen LogP contribution is 2.32. The second kappa shape index (κ2) is 9.15. The van der Waals surface area contributed by atoms with Gasteiger partial charge in [0.25, 0.3) is 0 Å². The molecule has 1 aromatic rings. The van der Waals surface area contributed by atoms with Crippen molar-refractivity contribution in [3.05, 3.63) is 42.0 Å². The number of allylic oxidation sites excluding steroid dienone is 2. The van der Waals surface area contributed by atoms with E-state index in [-0.39, 0.29) is 11.9 Å². The van der Waals surface area contributed by atoms with Gasteiger partial charge in [0.05, 0.1) is 12.0 Å². The SMILES string of the molecule is CCc1ccc(OC(=O)C2CCC(CC/C=C/C#N)CC2)cc1. The molecular weight excluding hydrogens is 286 g/mol. The highest BCUT2D eigenvalue weighted by atomic mass is 16.5. The van der Waals surface area contributed by atoms with E-state index in [1.807, 2.05) is 36.4 Å². The lowest BCUT2D eigenvalue weighted by molar-refractivity contribution is -0.140. The number of nitrogens with zero attached hydrogens (tertiary/aromatic N) is 1. The molecule has 0 unspecified atom stereocenters. The van der Waals surface area contributed by atoms with Crippen molar-refractivity contribution >= 4 is 5.97 Å². The number of rotatable bonds is 6. The Kier molecular flexibility index (Phi) is 6.87. The average Bonchev–Trinajstić information content (AvgIpc) is 2.60. The molecule has 0 saturated heterocycles. The molecule has 0 bridgehead atoms. The number of benzene rings is 1. The van der Waals surface area contributed by atoms with Gasteiger partial charge in [-0.15, -0.1) is 0 Å². The number of hydrogen-bond acceptors (Lipinski definition) is 3. The molecule has 1 saturated carbocycles. The first kappa shape index (κ1) is 17.3. The van der Waals surface area contributed by atoms with Gasteiger partial charge >= 0.3 is 5.97 Å². The van der Waals surface area contributed by atoms with Crippen molar-refractivity contribution in [2.24, 2.45) is 11.8 Å². The normalized spacial score (nSPS) is 21.0. The summed E-state index contributed by atoms with van der Waals surface area (Å²) in [4.78, 5) is 12.3. The molecule has 0 spiro atoms. The molecule has 0 amide bonds. The standard InChI is InChI=1S/C20H25NO2/c1-2-16-9-13-19(14-10-16)23-20(22)18-11-7-17(8-12-18)6-4-3-5-15-21/h3,5,9-10,13-14,17-18H,2,4,6-8,11-12H2,1H3/b5-3+. The monoisotopic (exact) mass is 311 g/mol. The summed E-state index contributed by atoms with van der Waals surface area (Å²) in [5.74, 6) is 1.27. The minimum atomic E-state index is -0.0860. The van der Waals surface area contributed by atoms with Crippen molar-refractivity contribution in [3.63, 3.8) is 0 Å². The van der Waals surface area contributed by atoms with Crippen LogP contribution in [0.3, 0.4) is 0 Å². The van der Waals surface area contributed by atoms with E-state index in [1.54, 1.807) is 6.08 Å². The van der Waals surface area contributed by atoms with Gasteiger partial charge in [0.2, 0.25) is 0 Å². The average molecular weight is 311 g/mol. The zero-order valence-electron chi connectivity index (χ0n) is 13.8. The summed E-state index contributed by atoms with van der Waals surface area (Å²) in [6.45, 7) is 2.11. The van der Waals surface area contributed by atoms with E-state index in [9.17, 15) is 4.79 Å². The van der Waals surface area contributed by atoms with Crippen LogP contribution in [0.1, 0.15) is 51.0 Å². The lowest BCUT2D eigenvalue weighted by Gasteiger charge is -2.26. The van der Waals surface area contributed by atoms with Crippen LogP contribution >= 0.6 is 0 Å². The number of aryl methyl sites for hydroxylation is 1. The summed E-state index contributed by atoms with van der Waals surface area (Å²) >= 11 is 0.